The van der Waals surface area contributed by atoms with Gasteiger partial charge in [-0.3, -0.25) is 14.9 Å². The van der Waals surface area contributed by atoms with Crippen LogP contribution in [0.25, 0.3) is 28.0 Å². The van der Waals surface area contributed by atoms with Crippen LogP contribution in [0.15, 0.2) is 42.9 Å². The summed E-state index contributed by atoms with van der Waals surface area (Å²) in [6, 6.07) is 7.43. The van der Waals surface area contributed by atoms with Crippen LogP contribution >= 0.6 is 0 Å². The van der Waals surface area contributed by atoms with E-state index in [2.05, 4.69) is 14.8 Å². The maximum atomic E-state index is 14.3. The van der Waals surface area contributed by atoms with Gasteiger partial charge in [0.25, 0.3) is 5.92 Å². The number of hydrogen-bond acceptors (Lipinski definition) is 10. The molecular formula is C31H36F2N8O3S. The van der Waals surface area contributed by atoms with Crippen molar-refractivity contribution in [3.63, 3.8) is 0 Å². The number of ether oxygens (including phenoxy) is 1. The number of pyridine rings is 3. The molecule has 4 aromatic heterocycles. The smallest absolute Gasteiger partial charge is 0.262 e. The third-order valence-electron chi connectivity index (χ3n) is 9.39. The van der Waals surface area contributed by atoms with Gasteiger partial charge in [-0.15, -0.1) is 0 Å². The van der Waals surface area contributed by atoms with Crippen LogP contribution in [0.5, 0.6) is 5.75 Å². The van der Waals surface area contributed by atoms with Crippen LogP contribution < -0.4 is 14.5 Å². The standard InChI is InChI=1S/C31H36F2N8O3S/c1-19-24-14-35-41(27(24)11-26(36-19)25-13-34-6-5-28(25)44-3)30-10-22(40-15-21(20(40)2)17-45(4,42)43)9-29(37-30)38-7-8-39-18-31(32,33)12-23(39)16-38/h5-6,9-11,13-14,20-21,23H,7-8,12,15-18H2,1-4H3/t20-,21-,23?/m1/s1. The number of alkyl halides is 2. The van der Waals surface area contributed by atoms with Crippen molar-refractivity contribution < 1.29 is 21.9 Å². The van der Waals surface area contributed by atoms with Crippen molar-refractivity contribution in [3.8, 4) is 22.8 Å². The molecule has 0 aromatic carbocycles. The van der Waals surface area contributed by atoms with Crippen molar-refractivity contribution >= 4 is 32.2 Å². The second kappa shape index (κ2) is 10.9. The van der Waals surface area contributed by atoms with Crippen molar-refractivity contribution in [2.45, 2.75) is 38.3 Å². The molecule has 0 aliphatic carbocycles. The highest BCUT2D eigenvalue weighted by atomic mass is 32.2. The van der Waals surface area contributed by atoms with Gasteiger partial charge in [0.1, 0.15) is 21.4 Å². The van der Waals surface area contributed by atoms with Gasteiger partial charge in [-0.2, -0.15) is 5.10 Å². The molecule has 0 N–H and O–H groups in total. The highest BCUT2D eigenvalue weighted by molar-refractivity contribution is 7.90. The molecular weight excluding hydrogens is 602 g/mol. The van der Waals surface area contributed by atoms with E-state index in [4.69, 9.17) is 19.8 Å². The van der Waals surface area contributed by atoms with E-state index in [0.29, 0.717) is 49.3 Å². The predicted molar refractivity (Wildman–Crippen MR) is 168 cm³/mol. The highest BCUT2D eigenvalue weighted by Crippen LogP contribution is 2.38. The van der Waals surface area contributed by atoms with Crippen molar-refractivity contribution in [3.05, 3.63) is 48.5 Å². The number of nitrogens with zero attached hydrogens (tertiary/aromatic N) is 8. The van der Waals surface area contributed by atoms with Gasteiger partial charge in [-0.1, -0.05) is 0 Å². The highest BCUT2D eigenvalue weighted by Gasteiger charge is 2.47. The molecule has 4 aromatic rings. The first-order valence-corrected chi connectivity index (χ1v) is 17.1. The van der Waals surface area contributed by atoms with E-state index in [9.17, 15) is 17.2 Å². The largest absolute Gasteiger partial charge is 0.496 e. The average Bonchev–Trinajstić information content (AvgIpc) is 3.57. The molecule has 14 heteroatoms. The van der Waals surface area contributed by atoms with Gasteiger partial charge in [0.15, 0.2) is 5.82 Å². The Bertz CT molecular complexity index is 1880. The van der Waals surface area contributed by atoms with E-state index in [1.54, 1.807) is 36.4 Å². The molecule has 238 valence electrons. The molecule has 11 nitrogen and oxygen atoms in total. The van der Waals surface area contributed by atoms with Crippen LogP contribution in [0.4, 0.5) is 20.3 Å². The zero-order chi connectivity index (χ0) is 31.7. The summed E-state index contributed by atoms with van der Waals surface area (Å²) >= 11 is 0. The van der Waals surface area contributed by atoms with Crippen molar-refractivity contribution in [1.82, 2.24) is 29.6 Å². The molecule has 3 aliphatic heterocycles. The molecule has 1 unspecified atom stereocenters. The third kappa shape index (κ3) is 5.58. The molecule has 3 aliphatic rings. The van der Waals surface area contributed by atoms with Crippen LogP contribution in [0.2, 0.25) is 0 Å². The fourth-order valence-corrected chi connectivity index (χ4v) is 8.16. The molecule has 3 fully saturated rings. The molecule has 0 spiro atoms. The summed E-state index contributed by atoms with van der Waals surface area (Å²) in [5.74, 6) is -0.636. The number of hydrogen-bond donors (Lipinski definition) is 0. The van der Waals surface area contributed by atoms with Crippen LogP contribution in [0.3, 0.4) is 0 Å². The van der Waals surface area contributed by atoms with Gasteiger partial charge in [-0.25, -0.2) is 26.9 Å². The molecule has 0 bridgehead atoms. The SMILES string of the molecule is COc1ccncc1-c1cc2c(cnn2-c2cc(N3C[C@H](CS(C)(=O)=O)[C@H]3C)cc(N3CCN4CC(F)(F)CC4C3)n2)c(C)n1. The third-order valence-corrected chi connectivity index (χ3v) is 10.4. The Labute approximate surface area is 260 Å². The van der Waals surface area contributed by atoms with Gasteiger partial charge in [0.05, 0.1) is 42.4 Å². The lowest BCUT2D eigenvalue weighted by Crippen LogP contribution is -2.57. The van der Waals surface area contributed by atoms with E-state index < -0.39 is 15.8 Å². The lowest BCUT2D eigenvalue weighted by atomic mass is 9.91. The van der Waals surface area contributed by atoms with E-state index in [-0.39, 0.29) is 36.7 Å². The topological polar surface area (TPSA) is 110 Å². The van der Waals surface area contributed by atoms with Gasteiger partial charge >= 0.3 is 0 Å². The first-order valence-electron chi connectivity index (χ1n) is 15.1. The quantitative estimate of drug-likeness (QED) is 0.298. The minimum Gasteiger partial charge on any atom is -0.496 e. The second-order valence-corrected chi connectivity index (χ2v) is 14.8. The van der Waals surface area contributed by atoms with Gasteiger partial charge in [0.2, 0.25) is 0 Å². The van der Waals surface area contributed by atoms with Crippen molar-refractivity contribution in [1.29, 1.82) is 0 Å². The number of fused-ring (bicyclic) bond motifs is 2. The Morgan fingerprint density at radius 3 is 2.64 bits per heavy atom. The summed E-state index contributed by atoms with van der Waals surface area (Å²) in [5, 5.41) is 5.60. The molecule has 0 saturated carbocycles. The molecule has 3 saturated heterocycles. The zero-order valence-electron chi connectivity index (χ0n) is 25.7. The normalized spacial score (nSPS) is 23.3. The minimum absolute atomic E-state index is 0.00125. The van der Waals surface area contributed by atoms with Crippen LogP contribution in [-0.2, 0) is 9.84 Å². The van der Waals surface area contributed by atoms with Gasteiger partial charge in [0, 0.05) is 98.2 Å². The molecule has 7 heterocycles. The van der Waals surface area contributed by atoms with E-state index in [1.807, 2.05) is 36.9 Å². The number of sulfone groups is 1. The monoisotopic (exact) mass is 638 g/mol. The molecule has 45 heavy (non-hydrogen) atoms. The number of methoxy groups -OCH3 is 1. The molecule has 0 radical (unpaired) electrons. The lowest BCUT2D eigenvalue weighted by molar-refractivity contribution is 0.0125. The fourth-order valence-electron chi connectivity index (χ4n) is 6.99. The zero-order valence-corrected chi connectivity index (χ0v) is 26.5. The molecule has 3 atom stereocenters. The second-order valence-electron chi connectivity index (χ2n) is 12.6. The Morgan fingerprint density at radius 2 is 1.89 bits per heavy atom. The Balaban J connectivity index is 1.30. The van der Waals surface area contributed by atoms with Crippen LogP contribution in [0, 0.1) is 12.8 Å². The van der Waals surface area contributed by atoms with E-state index >= 15 is 0 Å². The lowest BCUT2D eigenvalue weighted by Gasteiger charge is -2.48. The van der Waals surface area contributed by atoms with E-state index in [0.717, 1.165) is 27.8 Å². The van der Waals surface area contributed by atoms with Gasteiger partial charge in [-0.05, 0) is 26.0 Å². The number of anilines is 2. The number of halogens is 2. The molecule has 7 rings (SSSR count). The van der Waals surface area contributed by atoms with Crippen LogP contribution in [0.1, 0.15) is 19.0 Å². The Morgan fingerprint density at radius 1 is 1.09 bits per heavy atom. The maximum Gasteiger partial charge on any atom is 0.262 e. The number of aromatic nitrogens is 5. The van der Waals surface area contributed by atoms with E-state index in [1.165, 1.54) is 6.26 Å². The summed E-state index contributed by atoms with van der Waals surface area (Å²) in [6.07, 6.45) is 6.26. The van der Waals surface area contributed by atoms with Crippen molar-refractivity contribution in [2.24, 2.45) is 5.92 Å². The Kier molecular flexibility index (Phi) is 7.19. The maximum absolute atomic E-state index is 14.3. The minimum atomic E-state index is -3.12. The average molecular weight is 639 g/mol. The van der Waals surface area contributed by atoms with Crippen LogP contribution in [-0.4, -0.2) is 108 Å². The number of aryl methyl sites for hydroxylation is 1. The van der Waals surface area contributed by atoms with Crippen molar-refractivity contribution in [2.75, 3.05) is 61.6 Å². The summed E-state index contributed by atoms with van der Waals surface area (Å²) in [7, 11) is -1.51. The Hall–Kier alpha value is -3.91. The summed E-state index contributed by atoms with van der Waals surface area (Å²) in [6.45, 7) is 5.90. The first kappa shape index (κ1) is 29.8. The summed E-state index contributed by atoms with van der Waals surface area (Å²) in [5.41, 5.74) is 3.90. The van der Waals surface area contributed by atoms with Gasteiger partial charge < -0.3 is 14.5 Å². The fraction of sp³-hybridized carbons (Fsp3) is 0.484. The number of rotatable bonds is 7. The molecule has 0 amide bonds. The summed E-state index contributed by atoms with van der Waals surface area (Å²) < 4.78 is 60.0. The first-order chi connectivity index (χ1) is 21.4. The number of piperazine rings is 1. The predicted octanol–water partition coefficient (Wildman–Crippen LogP) is 3.59. The summed E-state index contributed by atoms with van der Waals surface area (Å²) in [4.78, 5) is 20.3.